The van der Waals surface area contributed by atoms with Crippen LogP contribution < -0.4 is 0 Å². The predicted octanol–water partition coefficient (Wildman–Crippen LogP) is 2.82. The van der Waals surface area contributed by atoms with E-state index >= 15 is 0 Å². The molecule has 1 aromatic rings. The van der Waals surface area contributed by atoms with E-state index in [2.05, 4.69) is 0 Å². The molecule has 0 saturated heterocycles. The van der Waals surface area contributed by atoms with Crippen molar-refractivity contribution < 1.29 is 9.53 Å². The zero-order valence-electron chi connectivity index (χ0n) is 9.13. The number of hydrogen-bond donors (Lipinski definition) is 0. The van der Waals surface area contributed by atoms with Crippen molar-refractivity contribution in [1.82, 2.24) is 4.90 Å². The van der Waals surface area contributed by atoms with Gasteiger partial charge < -0.3 is 4.74 Å². The Morgan fingerprint density at radius 2 is 2.25 bits per heavy atom. The molecule has 3 nitrogen and oxygen atoms in total. The molecule has 1 rings (SSSR count). The molecule has 0 aliphatic rings. The monoisotopic (exact) mass is 281 g/mol. The maximum absolute atomic E-state index is 11.8. The molecule has 0 unspecified atom stereocenters. The fourth-order valence-corrected chi connectivity index (χ4v) is 2.69. The van der Waals surface area contributed by atoms with Gasteiger partial charge in [0.05, 0.1) is 23.1 Å². The number of nitrogens with zero attached hydrogens (tertiary/aromatic N) is 1. The van der Waals surface area contributed by atoms with Gasteiger partial charge in [-0.2, -0.15) is 0 Å². The van der Waals surface area contributed by atoms with Crippen LogP contribution in [0.2, 0.25) is 8.67 Å². The van der Waals surface area contributed by atoms with Gasteiger partial charge in [-0.3, -0.25) is 9.69 Å². The van der Waals surface area contributed by atoms with Gasteiger partial charge in [0.2, 0.25) is 0 Å². The summed E-state index contributed by atoms with van der Waals surface area (Å²) in [6, 6.07) is 1.61. The topological polar surface area (TPSA) is 29.5 Å². The van der Waals surface area contributed by atoms with E-state index in [-0.39, 0.29) is 5.78 Å². The molecule has 0 radical (unpaired) electrons. The number of halogens is 2. The van der Waals surface area contributed by atoms with Crippen molar-refractivity contribution in [2.24, 2.45) is 0 Å². The van der Waals surface area contributed by atoms with Crippen molar-refractivity contribution in [2.75, 3.05) is 33.9 Å². The standard InChI is InChI=1S/C10H13Cl2NO2S/c1-13(3-4-15-2)6-8(14)7-5-9(11)16-10(7)12/h5H,3-4,6H2,1-2H3. The first-order chi connectivity index (χ1) is 7.54. The van der Waals surface area contributed by atoms with Gasteiger partial charge in [0, 0.05) is 13.7 Å². The molecule has 0 aliphatic carbocycles. The van der Waals surface area contributed by atoms with E-state index < -0.39 is 0 Å². The summed E-state index contributed by atoms with van der Waals surface area (Å²) in [6.07, 6.45) is 0. The summed E-state index contributed by atoms with van der Waals surface area (Å²) in [7, 11) is 3.49. The van der Waals surface area contributed by atoms with Crippen molar-refractivity contribution >= 4 is 40.3 Å². The van der Waals surface area contributed by atoms with Gasteiger partial charge in [0.15, 0.2) is 5.78 Å². The summed E-state index contributed by atoms with van der Waals surface area (Å²) in [5.41, 5.74) is 0.501. The first-order valence-electron chi connectivity index (χ1n) is 4.70. The third-order valence-electron chi connectivity index (χ3n) is 2.05. The molecule has 0 bridgehead atoms. The number of carbonyl (C=O) groups is 1. The van der Waals surface area contributed by atoms with Gasteiger partial charge in [0.25, 0.3) is 0 Å². The quantitative estimate of drug-likeness (QED) is 0.751. The molecular weight excluding hydrogens is 269 g/mol. The predicted molar refractivity (Wildman–Crippen MR) is 68.0 cm³/mol. The number of ether oxygens (including phenoxy) is 1. The van der Waals surface area contributed by atoms with Crippen LogP contribution in [0.15, 0.2) is 6.07 Å². The fraction of sp³-hybridized carbons (Fsp3) is 0.500. The highest BCUT2D eigenvalue weighted by Gasteiger charge is 2.15. The summed E-state index contributed by atoms with van der Waals surface area (Å²) in [5, 5.41) is 0. The van der Waals surface area contributed by atoms with Crippen LogP contribution in [0.4, 0.5) is 0 Å². The summed E-state index contributed by atoms with van der Waals surface area (Å²) < 4.78 is 5.92. The van der Waals surface area contributed by atoms with Crippen LogP contribution >= 0.6 is 34.5 Å². The molecule has 0 aromatic carbocycles. The number of thiophene rings is 1. The molecule has 16 heavy (non-hydrogen) atoms. The molecule has 0 saturated carbocycles. The third kappa shape index (κ3) is 4.03. The Balaban J connectivity index is 2.55. The molecule has 0 N–H and O–H groups in total. The number of hydrogen-bond acceptors (Lipinski definition) is 4. The van der Waals surface area contributed by atoms with Gasteiger partial charge in [0.1, 0.15) is 4.34 Å². The summed E-state index contributed by atoms with van der Waals surface area (Å²) in [5.74, 6) is -0.0215. The van der Waals surface area contributed by atoms with Crippen LogP contribution in [-0.4, -0.2) is 44.5 Å². The molecule has 1 aromatic heterocycles. The van der Waals surface area contributed by atoms with Crippen LogP contribution in [0.1, 0.15) is 10.4 Å². The number of carbonyl (C=O) groups excluding carboxylic acids is 1. The molecular formula is C10H13Cl2NO2S. The molecule has 0 fully saturated rings. The Morgan fingerprint density at radius 3 is 2.75 bits per heavy atom. The Kier molecular flexibility index (Phi) is 5.72. The van der Waals surface area contributed by atoms with Crippen molar-refractivity contribution in [3.8, 4) is 0 Å². The van der Waals surface area contributed by atoms with Crippen LogP contribution in [0, 0.1) is 0 Å². The second-order valence-electron chi connectivity index (χ2n) is 3.39. The zero-order valence-corrected chi connectivity index (χ0v) is 11.5. The second kappa shape index (κ2) is 6.57. The maximum Gasteiger partial charge on any atom is 0.179 e. The summed E-state index contributed by atoms with van der Waals surface area (Å²) >= 11 is 12.9. The minimum absolute atomic E-state index is 0.0215. The SMILES string of the molecule is COCCN(C)CC(=O)c1cc(Cl)sc1Cl. The minimum atomic E-state index is -0.0215. The van der Waals surface area contributed by atoms with Gasteiger partial charge in [-0.05, 0) is 13.1 Å². The number of rotatable bonds is 6. The average molecular weight is 282 g/mol. The van der Waals surface area contributed by atoms with E-state index in [1.807, 2.05) is 11.9 Å². The van der Waals surface area contributed by atoms with Crippen LogP contribution in [0.25, 0.3) is 0 Å². The lowest BCUT2D eigenvalue weighted by molar-refractivity contribution is 0.0923. The van der Waals surface area contributed by atoms with Gasteiger partial charge in [-0.1, -0.05) is 23.2 Å². The highest BCUT2D eigenvalue weighted by molar-refractivity contribution is 7.20. The number of likely N-dealkylation sites (N-methyl/N-ethyl adjacent to an activating group) is 1. The molecule has 0 amide bonds. The normalized spacial score (nSPS) is 11.1. The summed E-state index contributed by atoms with van der Waals surface area (Å²) in [4.78, 5) is 13.7. The molecule has 0 atom stereocenters. The van der Waals surface area contributed by atoms with Gasteiger partial charge in [-0.15, -0.1) is 11.3 Å². The van der Waals surface area contributed by atoms with E-state index in [4.69, 9.17) is 27.9 Å². The van der Waals surface area contributed by atoms with Crippen molar-refractivity contribution in [2.45, 2.75) is 0 Å². The van der Waals surface area contributed by atoms with Crippen molar-refractivity contribution in [3.05, 3.63) is 20.3 Å². The molecule has 90 valence electrons. The first-order valence-corrected chi connectivity index (χ1v) is 6.27. The fourth-order valence-electron chi connectivity index (χ4n) is 1.19. The van der Waals surface area contributed by atoms with Crippen molar-refractivity contribution in [3.63, 3.8) is 0 Å². The maximum atomic E-state index is 11.8. The van der Waals surface area contributed by atoms with Gasteiger partial charge in [-0.25, -0.2) is 0 Å². The largest absolute Gasteiger partial charge is 0.383 e. The van der Waals surface area contributed by atoms with Crippen molar-refractivity contribution in [1.29, 1.82) is 0 Å². The van der Waals surface area contributed by atoms with E-state index in [0.29, 0.717) is 33.9 Å². The Morgan fingerprint density at radius 1 is 1.56 bits per heavy atom. The lowest BCUT2D eigenvalue weighted by Gasteiger charge is -2.14. The Hall–Kier alpha value is -0.130. The third-order valence-corrected chi connectivity index (χ3v) is 3.54. The minimum Gasteiger partial charge on any atom is -0.383 e. The van der Waals surface area contributed by atoms with E-state index in [1.54, 1.807) is 13.2 Å². The van der Waals surface area contributed by atoms with E-state index in [9.17, 15) is 4.79 Å². The second-order valence-corrected chi connectivity index (χ2v) is 5.68. The Bertz CT molecular complexity index is 368. The number of Topliss-reactive ketones (excluding diaryl/α,β-unsaturated/α-hetero) is 1. The zero-order chi connectivity index (χ0) is 12.1. The highest BCUT2D eigenvalue weighted by Crippen LogP contribution is 2.31. The molecule has 1 heterocycles. The smallest absolute Gasteiger partial charge is 0.179 e. The average Bonchev–Trinajstić information content (AvgIpc) is 2.54. The van der Waals surface area contributed by atoms with E-state index in [1.165, 1.54) is 11.3 Å². The van der Waals surface area contributed by atoms with Crippen LogP contribution in [0.3, 0.4) is 0 Å². The molecule has 6 heteroatoms. The lowest BCUT2D eigenvalue weighted by atomic mass is 10.2. The number of methoxy groups -OCH3 is 1. The molecule has 0 aliphatic heterocycles. The lowest BCUT2D eigenvalue weighted by Crippen LogP contribution is -2.29. The first kappa shape index (κ1) is 13.9. The van der Waals surface area contributed by atoms with Gasteiger partial charge >= 0.3 is 0 Å². The van der Waals surface area contributed by atoms with Crippen LogP contribution in [-0.2, 0) is 4.74 Å². The molecule has 0 spiro atoms. The summed E-state index contributed by atoms with van der Waals surface area (Å²) in [6.45, 7) is 1.62. The van der Waals surface area contributed by atoms with Crippen LogP contribution in [0.5, 0.6) is 0 Å². The highest BCUT2D eigenvalue weighted by atomic mass is 35.5. The Labute approximate surface area is 109 Å². The van der Waals surface area contributed by atoms with E-state index in [0.717, 1.165) is 0 Å². The number of ketones is 1.